The van der Waals surface area contributed by atoms with Crippen molar-refractivity contribution in [2.45, 2.75) is 38.7 Å². The maximum Gasteiger partial charge on any atom is 0.333 e. The summed E-state index contributed by atoms with van der Waals surface area (Å²) in [5, 5.41) is 0. The molecule has 1 aliphatic heterocycles. The van der Waals surface area contributed by atoms with Crippen LogP contribution in [0.25, 0.3) is 0 Å². The van der Waals surface area contributed by atoms with Crippen LogP contribution in [0.3, 0.4) is 0 Å². The van der Waals surface area contributed by atoms with Crippen molar-refractivity contribution >= 4 is 23.3 Å². The predicted octanol–water partition coefficient (Wildman–Crippen LogP) is 4.91. The van der Waals surface area contributed by atoms with E-state index in [4.69, 9.17) is 18.9 Å². The lowest BCUT2D eigenvalue weighted by atomic mass is 10.1. The van der Waals surface area contributed by atoms with Crippen molar-refractivity contribution in [3.05, 3.63) is 84.5 Å². The molecule has 1 saturated heterocycles. The molecule has 1 heterocycles. The Balaban J connectivity index is 1.57. The first-order valence-corrected chi connectivity index (χ1v) is 12.2. The van der Waals surface area contributed by atoms with Crippen LogP contribution in [-0.2, 0) is 41.4 Å². The van der Waals surface area contributed by atoms with Crippen LogP contribution in [0.4, 0.5) is 11.4 Å². The molecule has 3 rings (SSSR count). The quantitative estimate of drug-likeness (QED) is 0.151. The highest BCUT2D eigenvalue weighted by molar-refractivity contribution is 5.86. The second-order valence-electron chi connectivity index (χ2n) is 8.71. The molecule has 0 atom stereocenters. The molecule has 0 radical (unpaired) electrons. The number of benzene rings is 2. The van der Waals surface area contributed by atoms with Crippen molar-refractivity contribution < 1.29 is 28.5 Å². The molecule has 0 aromatic heterocycles. The van der Waals surface area contributed by atoms with Crippen molar-refractivity contribution in [2.75, 3.05) is 38.1 Å². The summed E-state index contributed by atoms with van der Waals surface area (Å²) in [6.07, 6.45) is 4.79. The first-order chi connectivity index (χ1) is 17.5. The van der Waals surface area contributed by atoms with E-state index in [1.165, 1.54) is 5.56 Å². The second kappa shape index (κ2) is 14.2. The Kier molecular flexibility index (Phi) is 10.7. The van der Waals surface area contributed by atoms with Crippen LogP contribution in [-0.4, -0.2) is 51.2 Å². The minimum atomic E-state index is -0.477. The molecule has 192 valence electrons. The van der Waals surface area contributed by atoms with E-state index in [-0.39, 0.29) is 18.8 Å². The van der Waals surface area contributed by atoms with Crippen LogP contribution >= 0.6 is 0 Å². The van der Waals surface area contributed by atoms with E-state index in [1.807, 2.05) is 41.3 Å². The van der Waals surface area contributed by atoms with Gasteiger partial charge in [-0.25, -0.2) is 9.59 Å². The Morgan fingerprint density at radius 1 is 0.944 bits per heavy atom. The molecule has 7 nitrogen and oxygen atoms in total. The Labute approximate surface area is 213 Å². The largest absolute Gasteiger partial charge is 0.462 e. The number of ether oxygens (including phenoxy) is 4. The van der Waals surface area contributed by atoms with E-state index < -0.39 is 5.97 Å². The molecule has 1 aliphatic rings. The lowest BCUT2D eigenvalue weighted by Crippen LogP contribution is -2.36. The molecule has 7 heteroatoms. The van der Waals surface area contributed by atoms with Crippen molar-refractivity contribution in [3.63, 3.8) is 0 Å². The molecule has 0 N–H and O–H groups in total. The number of carbonyl (C=O) groups is 2. The highest BCUT2D eigenvalue weighted by Gasteiger charge is 2.18. The third-order valence-electron chi connectivity index (χ3n) is 5.76. The summed E-state index contributed by atoms with van der Waals surface area (Å²) < 4.78 is 21.4. The minimum Gasteiger partial charge on any atom is -0.462 e. The minimum absolute atomic E-state index is 0.0672. The normalized spacial score (nSPS) is 12.9. The predicted molar refractivity (Wildman–Crippen MR) is 139 cm³/mol. The standard InChI is InChI=1S/C29H35NO6/c1-4-28(31)36-21-30(25-13-9-23(10-14-25)7-5-17-34-27-19-33-20-27)26-15-11-24(12-16-26)8-6-18-35-29(32)22(2)3/h4,9-16,27H,1-2,5-8,17-21H2,3H3. The number of anilines is 2. The van der Waals surface area contributed by atoms with Gasteiger partial charge in [0.15, 0.2) is 6.73 Å². The van der Waals surface area contributed by atoms with Crippen molar-refractivity contribution in [2.24, 2.45) is 0 Å². The van der Waals surface area contributed by atoms with Gasteiger partial charge >= 0.3 is 11.9 Å². The molecule has 2 aromatic rings. The van der Waals surface area contributed by atoms with Crippen LogP contribution < -0.4 is 4.90 Å². The molecule has 0 bridgehead atoms. The number of nitrogens with zero attached hydrogens (tertiary/aromatic N) is 1. The number of esters is 2. The van der Waals surface area contributed by atoms with Gasteiger partial charge in [0.1, 0.15) is 6.10 Å². The summed E-state index contributed by atoms with van der Waals surface area (Å²) in [6, 6.07) is 16.3. The van der Waals surface area contributed by atoms with E-state index in [0.29, 0.717) is 25.4 Å². The Hall–Kier alpha value is -3.42. The highest BCUT2D eigenvalue weighted by atomic mass is 16.6. The molecule has 0 spiro atoms. The van der Waals surface area contributed by atoms with Crippen molar-refractivity contribution in [1.82, 2.24) is 0 Å². The zero-order valence-electron chi connectivity index (χ0n) is 20.9. The van der Waals surface area contributed by atoms with Crippen LogP contribution in [0, 0.1) is 0 Å². The van der Waals surface area contributed by atoms with E-state index >= 15 is 0 Å². The van der Waals surface area contributed by atoms with Gasteiger partial charge in [-0.1, -0.05) is 37.4 Å². The van der Waals surface area contributed by atoms with E-state index in [9.17, 15) is 9.59 Å². The number of aryl methyl sites for hydroxylation is 2. The maximum absolute atomic E-state index is 11.7. The van der Waals surface area contributed by atoms with E-state index in [1.54, 1.807) is 6.92 Å². The van der Waals surface area contributed by atoms with Crippen molar-refractivity contribution in [3.8, 4) is 0 Å². The number of rotatable bonds is 15. The number of hydrogen-bond acceptors (Lipinski definition) is 7. The SMILES string of the molecule is C=CC(=O)OCN(c1ccc(CCCOC(=O)C(=C)C)cc1)c1ccc(CCCOC2COC2)cc1. The Bertz CT molecular complexity index is 1010. The first-order valence-electron chi connectivity index (χ1n) is 12.2. The lowest BCUT2D eigenvalue weighted by molar-refractivity contribution is -0.139. The van der Waals surface area contributed by atoms with Gasteiger partial charge in [-0.3, -0.25) is 0 Å². The van der Waals surface area contributed by atoms with Gasteiger partial charge in [0, 0.05) is 29.6 Å². The number of hydrogen-bond donors (Lipinski definition) is 0. The molecular weight excluding hydrogens is 458 g/mol. The summed E-state index contributed by atoms with van der Waals surface area (Å²) in [6.45, 7) is 11.2. The molecular formula is C29H35NO6. The van der Waals surface area contributed by atoms with E-state index in [0.717, 1.165) is 55.3 Å². The van der Waals surface area contributed by atoms with Gasteiger partial charge in [-0.05, 0) is 68.0 Å². The van der Waals surface area contributed by atoms with Gasteiger partial charge in [0.05, 0.1) is 19.8 Å². The van der Waals surface area contributed by atoms with Crippen LogP contribution in [0.1, 0.15) is 30.9 Å². The average Bonchev–Trinajstić information content (AvgIpc) is 2.86. The summed E-state index contributed by atoms with van der Waals surface area (Å²) >= 11 is 0. The first kappa shape index (κ1) is 27.2. The molecule has 0 amide bonds. The topological polar surface area (TPSA) is 74.3 Å². The fraction of sp³-hybridized carbons (Fsp3) is 0.379. The fourth-order valence-electron chi connectivity index (χ4n) is 3.57. The second-order valence-corrected chi connectivity index (χ2v) is 8.71. The van der Waals surface area contributed by atoms with Crippen LogP contribution in [0.2, 0.25) is 0 Å². The van der Waals surface area contributed by atoms with Gasteiger partial charge < -0.3 is 23.8 Å². The summed E-state index contributed by atoms with van der Waals surface area (Å²) in [5.41, 5.74) is 4.56. The average molecular weight is 494 g/mol. The van der Waals surface area contributed by atoms with Gasteiger partial charge in [-0.15, -0.1) is 0 Å². The molecule has 0 aliphatic carbocycles. The molecule has 0 unspecified atom stereocenters. The zero-order valence-corrected chi connectivity index (χ0v) is 20.9. The van der Waals surface area contributed by atoms with Crippen LogP contribution in [0.5, 0.6) is 0 Å². The molecule has 2 aromatic carbocycles. The van der Waals surface area contributed by atoms with E-state index in [2.05, 4.69) is 25.3 Å². The maximum atomic E-state index is 11.7. The van der Waals surface area contributed by atoms with Crippen LogP contribution in [0.15, 0.2) is 73.3 Å². The smallest absolute Gasteiger partial charge is 0.333 e. The van der Waals surface area contributed by atoms with Crippen molar-refractivity contribution in [1.29, 1.82) is 0 Å². The number of carbonyl (C=O) groups excluding carboxylic acids is 2. The van der Waals surface area contributed by atoms with Gasteiger partial charge in [-0.2, -0.15) is 0 Å². The fourth-order valence-corrected chi connectivity index (χ4v) is 3.57. The Morgan fingerprint density at radius 2 is 1.50 bits per heavy atom. The van der Waals surface area contributed by atoms with Gasteiger partial charge in [0.25, 0.3) is 0 Å². The Morgan fingerprint density at radius 3 is 1.97 bits per heavy atom. The zero-order chi connectivity index (χ0) is 25.8. The summed E-state index contributed by atoms with van der Waals surface area (Å²) in [5.74, 6) is -0.840. The molecule has 0 saturated carbocycles. The van der Waals surface area contributed by atoms with Gasteiger partial charge in [0.2, 0.25) is 0 Å². The molecule has 1 fully saturated rings. The summed E-state index contributed by atoms with van der Waals surface area (Å²) in [4.78, 5) is 25.1. The monoisotopic (exact) mass is 493 g/mol. The highest BCUT2D eigenvalue weighted by Crippen LogP contribution is 2.27. The summed E-state index contributed by atoms with van der Waals surface area (Å²) in [7, 11) is 0. The lowest BCUT2D eigenvalue weighted by Gasteiger charge is -2.26. The molecule has 36 heavy (non-hydrogen) atoms. The third-order valence-corrected chi connectivity index (χ3v) is 5.76. The third kappa shape index (κ3) is 8.66.